The van der Waals surface area contributed by atoms with Gasteiger partial charge in [0.2, 0.25) is 0 Å². The first-order valence-corrected chi connectivity index (χ1v) is 11.6. The van der Waals surface area contributed by atoms with E-state index in [-0.39, 0.29) is 18.1 Å². The summed E-state index contributed by atoms with van der Waals surface area (Å²) in [7, 11) is 0. The number of aromatic nitrogens is 1. The Labute approximate surface area is 176 Å². The molecule has 160 valence electrons. The molecular weight excluding hydrogens is 390 g/mol. The van der Waals surface area contributed by atoms with Crippen LogP contribution in [0.1, 0.15) is 68.6 Å². The maximum atomic E-state index is 12.9. The summed E-state index contributed by atoms with van der Waals surface area (Å²) < 4.78 is 4.96. The molecule has 1 amide bonds. The zero-order valence-electron chi connectivity index (χ0n) is 17.1. The highest BCUT2D eigenvalue weighted by molar-refractivity contribution is 7.99. The van der Waals surface area contributed by atoms with Crippen LogP contribution in [0.3, 0.4) is 0 Å². The Morgan fingerprint density at radius 3 is 2.76 bits per heavy atom. The molecule has 1 aromatic rings. The standard InChI is InChI=1S/C21H31N3O4S/c1-2-13-29-20-17(19(25)22-15-7-4-3-5-8-15)10-11-18(23-20)24-12-6-9-16(14-24)28-21(26)27/h10-11,15-16H,2-9,12-14H2,1H3,(H,22,25)(H,26,27). The molecule has 2 heterocycles. The summed E-state index contributed by atoms with van der Waals surface area (Å²) in [5, 5.41) is 12.8. The number of piperidine rings is 1. The maximum absolute atomic E-state index is 12.9. The van der Waals surface area contributed by atoms with E-state index in [9.17, 15) is 9.59 Å². The Hall–Kier alpha value is -1.96. The highest BCUT2D eigenvalue weighted by Crippen LogP contribution is 2.28. The molecule has 1 unspecified atom stereocenters. The van der Waals surface area contributed by atoms with Gasteiger partial charge in [-0.2, -0.15) is 0 Å². The number of hydrogen-bond acceptors (Lipinski definition) is 6. The van der Waals surface area contributed by atoms with Crippen LogP contribution in [-0.4, -0.2) is 53.1 Å². The Bertz CT molecular complexity index is 709. The number of carboxylic acid groups (broad SMARTS) is 1. The molecule has 1 saturated carbocycles. The number of ether oxygens (including phenoxy) is 1. The molecule has 8 heteroatoms. The Balaban J connectivity index is 1.74. The Kier molecular flexibility index (Phi) is 8.03. The van der Waals surface area contributed by atoms with Gasteiger partial charge in [-0.05, 0) is 50.0 Å². The zero-order valence-corrected chi connectivity index (χ0v) is 17.9. The third-order valence-electron chi connectivity index (χ3n) is 5.44. The first-order valence-electron chi connectivity index (χ1n) is 10.7. The van der Waals surface area contributed by atoms with Crippen LogP contribution >= 0.6 is 11.8 Å². The predicted molar refractivity (Wildman–Crippen MR) is 114 cm³/mol. The average molecular weight is 422 g/mol. The SMILES string of the molecule is CCCSc1nc(N2CCCC(OC(=O)O)C2)ccc1C(=O)NC1CCCCC1. The molecule has 1 saturated heterocycles. The summed E-state index contributed by atoms with van der Waals surface area (Å²) >= 11 is 1.60. The van der Waals surface area contributed by atoms with E-state index < -0.39 is 6.16 Å². The van der Waals surface area contributed by atoms with E-state index in [1.54, 1.807) is 11.8 Å². The summed E-state index contributed by atoms with van der Waals surface area (Å²) in [6.07, 6.45) is 6.69. The van der Waals surface area contributed by atoms with E-state index >= 15 is 0 Å². The van der Waals surface area contributed by atoms with Crippen LogP contribution in [0, 0.1) is 0 Å². The average Bonchev–Trinajstić information content (AvgIpc) is 2.72. The molecule has 2 fully saturated rings. The van der Waals surface area contributed by atoms with Crippen molar-refractivity contribution >= 4 is 29.6 Å². The summed E-state index contributed by atoms with van der Waals surface area (Å²) in [6.45, 7) is 3.40. The number of carbonyl (C=O) groups excluding carboxylic acids is 1. The van der Waals surface area contributed by atoms with Crippen LogP contribution in [0.5, 0.6) is 0 Å². The van der Waals surface area contributed by atoms with Crippen molar-refractivity contribution in [1.29, 1.82) is 0 Å². The van der Waals surface area contributed by atoms with Crippen molar-refractivity contribution in [3.05, 3.63) is 17.7 Å². The third kappa shape index (κ3) is 6.26. The molecule has 1 aliphatic heterocycles. The minimum atomic E-state index is -1.24. The molecule has 0 bridgehead atoms. The van der Waals surface area contributed by atoms with Crippen LogP contribution in [0.4, 0.5) is 10.6 Å². The second-order valence-electron chi connectivity index (χ2n) is 7.77. The first kappa shape index (κ1) is 21.7. The fourth-order valence-electron chi connectivity index (χ4n) is 3.98. The van der Waals surface area contributed by atoms with Crippen LogP contribution in [0.2, 0.25) is 0 Å². The van der Waals surface area contributed by atoms with Crippen molar-refractivity contribution < 1.29 is 19.4 Å². The van der Waals surface area contributed by atoms with Crippen LogP contribution < -0.4 is 10.2 Å². The Morgan fingerprint density at radius 1 is 1.24 bits per heavy atom. The molecule has 29 heavy (non-hydrogen) atoms. The molecule has 1 aliphatic carbocycles. The van der Waals surface area contributed by atoms with Crippen molar-refractivity contribution in [3.63, 3.8) is 0 Å². The molecular formula is C21H31N3O4S. The number of amides is 1. The number of anilines is 1. The van der Waals surface area contributed by atoms with Crippen LogP contribution in [-0.2, 0) is 4.74 Å². The number of hydrogen-bond donors (Lipinski definition) is 2. The Morgan fingerprint density at radius 2 is 2.03 bits per heavy atom. The van der Waals surface area contributed by atoms with Gasteiger partial charge in [-0.3, -0.25) is 4.79 Å². The van der Waals surface area contributed by atoms with E-state index in [1.165, 1.54) is 19.3 Å². The summed E-state index contributed by atoms with van der Waals surface area (Å²) in [5.74, 6) is 1.63. The van der Waals surface area contributed by atoms with Crippen LogP contribution in [0.15, 0.2) is 17.2 Å². The fourth-order valence-corrected chi connectivity index (χ4v) is 4.86. The molecule has 1 atom stereocenters. The molecule has 2 N–H and O–H groups in total. The number of nitrogens with zero attached hydrogens (tertiary/aromatic N) is 2. The van der Waals surface area contributed by atoms with Crippen molar-refractivity contribution in [2.24, 2.45) is 0 Å². The molecule has 3 rings (SSSR count). The quantitative estimate of drug-likeness (QED) is 0.501. The lowest BCUT2D eigenvalue weighted by Crippen LogP contribution is -2.41. The molecule has 0 aromatic carbocycles. The number of carbonyl (C=O) groups is 2. The van der Waals surface area contributed by atoms with Gasteiger partial charge in [0.1, 0.15) is 16.9 Å². The summed E-state index contributed by atoms with van der Waals surface area (Å²) in [4.78, 5) is 30.6. The highest BCUT2D eigenvalue weighted by Gasteiger charge is 2.25. The van der Waals surface area contributed by atoms with Crippen molar-refractivity contribution in [2.45, 2.75) is 75.5 Å². The van der Waals surface area contributed by atoms with Gasteiger partial charge in [0.25, 0.3) is 5.91 Å². The largest absolute Gasteiger partial charge is 0.506 e. The minimum Gasteiger partial charge on any atom is -0.450 e. The van der Waals surface area contributed by atoms with Crippen molar-refractivity contribution in [1.82, 2.24) is 10.3 Å². The van der Waals surface area contributed by atoms with E-state index in [0.29, 0.717) is 12.1 Å². The molecule has 2 aliphatic rings. The lowest BCUT2D eigenvalue weighted by atomic mass is 9.95. The number of nitrogens with one attached hydrogen (secondary N) is 1. The number of thioether (sulfide) groups is 1. The van der Waals surface area contributed by atoms with E-state index in [2.05, 4.69) is 17.1 Å². The maximum Gasteiger partial charge on any atom is 0.506 e. The third-order valence-corrected chi connectivity index (χ3v) is 6.64. The van der Waals surface area contributed by atoms with E-state index in [0.717, 1.165) is 55.2 Å². The number of pyridine rings is 1. The lowest BCUT2D eigenvalue weighted by Gasteiger charge is -2.33. The van der Waals surface area contributed by atoms with Crippen molar-refractivity contribution in [3.8, 4) is 0 Å². The number of rotatable bonds is 7. The zero-order chi connectivity index (χ0) is 20.6. The molecule has 0 radical (unpaired) electrons. The van der Waals surface area contributed by atoms with Gasteiger partial charge in [-0.15, -0.1) is 11.8 Å². The fraction of sp³-hybridized carbons (Fsp3) is 0.667. The van der Waals surface area contributed by atoms with Gasteiger partial charge < -0.3 is 20.1 Å². The lowest BCUT2D eigenvalue weighted by molar-refractivity contribution is 0.0456. The second-order valence-corrected chi connectivity index (χ2v) is 8.86. The second kappa shape index (κ2) is 10.7. The van der Waals surface area contributed by atoms with Gasteiger partial charge in [-0.25, -0.2) is 9.78 Å². The van der Waals surface area contributed by atoms with E-state index in [4.69, 9.17) is 14.8 Å². The monoisotopic (exact) mass is 421 g/mol. The highest BCUT2D eigenvalue weighted by atomic mass is 32.2. The van der Waals surface area contributed by atoms with Gasteiger partial charge in [-0.1, -0.05) is 26.2 Å². The van der Waals surface area contributed by atoms with Crippen molar-refractivity contribution in [2.75, 3.05) is 23.7 Å². The minimum absolute atomic E-state index is 0.0414. The topological polar surface area (TPSA) is 91.8 Å². The predicted octanol–water partition coefficient (Wildman–Crippen LogP) is 4.31. The van der Waals surface area contributed by atoms with Gasteiger partial charge in [0, 0.05) is 12.6 Å². The van der Waals surface area contributed by atoms with E-state index in [1.807, 2.05) is 12.1 Å². The normalized spacial score (nSPS) is 20.3. The molecule has 7 nitrogen and oxygen atoms in total. The molecule has 0 spiro atoms. The summed E-state index contributed by atoms with van der Waals surface area (Å²) in [5.41, 5.74) is 0.633. The van der Waals surface area contributed by atoms with Gasteiger partial charge in [0.15, 0.2) is 0 Å². The first-order chi connectivity index (χ1) is 14.1. The van der Waals surface area contributed by atoms with Gasteiger partial charge >= 0.3 is 6.16 Å². The van der Waals surface area contributed by atoms with Crippen LogP contribution in [0.25, 0.3) is 0 Å². The van der Waals surface area contributed by atoms with Gasteiger partial charge in [0.05, 0.1) is 12.1 Å². The smallest absolute Gasteiger partial charge is 0.450 e. The molecule has 1 aromatic heterocycles. The summed E-state index contributed by atoms with van der Waals surface area (Å²) in [6, 6.07) is 3.99.